The molecule has 0 amide bonds. The first-order valence-corrected chi connectivity index (χ1v) is 11.5. The van der Waals surface area contributed by atoms with Crippen molar-refractivity contribution in [1.29, 1.82) is 0 Å². The van der Waals surface area contributed by atoms with Gasteiger partial charge in [0.25, 0.3) is 0 Å². The van der Waals surface area contributed by atoms with E-state index in [0.29, 0.717) is 11.5 Å². The molecule has 1 aliphatic heterocycles. The van der Waals surface area contributed by atoms with Crippen molar-refractivity contribution in [3.8, 4) is 17.2 Å². The number of rotatable bonds is 4. The van der Waals surface area contributed by atoms with Crippen molar-refractivity contribution in [3.05, 3.63) is 69.9 Å². The van der Waals surface area contributed by atoms with Crippen molar-refractivity contribution >= 4 is 28.4 Å². The van der Waals surface area contributed by atoms with E-state index in [2.05, 4.69) is 15.3 Å². The van der Waals surface area contributed by atoms with Gasteiger partial charge in [-0.2, -0.15) is 0 Å². The van der Waals surface area contributed by atoms with Gasteiger partial charge in [0.15, 0.2) is 17.3 Å². The number of benzene rings is 2. The highest BCUT2D eigenvalue weighted by Crippen LogP contribution is 2.57. The zero-order valence-corrected chi connectivity index (χ0v) is 20.4. The standard InChI is InChI=1S/C27H25N3O6/c1-11-22(33)20(14(4)31)24-21(23(11)34)27(5)18(36-24)10-17(32)19(25(27)35)12(2)28-13(3)26-29-15-8-6-7-9-16(15)30-26/h6-10,13,28,33-34H,1-5H3,(H,29,30)/t13-,27-/m0/s1. The molecule has 0 fully saturated rings. The molecule has 0 unspecified atom stereocenters. The van der Waals surface area contributed by atoms with Crippen LogP contribution in [0.15, 0.2) is 47.4 Å². The van der Waals surface area contributed by atoms with E-state index in [9.17, 15) is 24.6 Å². The number of H-pyrrole nitrogens is 1. The second-order valence-corrected chi connectivity index (χ2v) is 9.39. The van der Waals surface area contributed by atoms with Gasteiger partial charge in [-0.1, -0.05) is 12.1 Å². The zero-order chi connectivity index (χ0) is 26.1. The monoisotopic (exact) mass is 487 g/mol. The Bertz CT molecular complexity index is 1540. The Kier molecular flexibility index (Phi) is 5.06. The average molecular weight is 488 g/mol. The minimum absolute atomic E-state index is 0.00261. The number of carbonyl (C=O) groups excluding carboxylic acids is 3. The maximum absolute atomic E-state index is 13.9. The number of aromatic amines is 1. The minimum atomic E-state index is -1.56. The number of imidazole rings is 1. The van der Waals surface area contributed by atoms with Gasteiger partial charge >= 0.3 is 0 Å². The molecule has 0 radical (unpaired) electrons. The summed E-state index contributed by atoms with van der Waals surface area (Å²) >= 11 is 0. The normalized spacial score (nSPS) is 21.0. The second kappa shape index (κ2) is 7.81. The first-order valence-electron chi connectivity index (χ1n) is 11.5. The zero-order valence-electron chi connectivity index (χ0n) is 20.4. The average Bonchev–Trinajstić information content (AvgIpc) is 3.37. The maximum Gasteiger partial charge on any atom is 0.194 e. The van der Waals surface area contributed by atoms with Crippen LogP contribution in [0, 0.1) is 6.92 Å². The van der Waals surface area contributed by atoms with Crippen LogP contribution in [0.4, 0.5) is 0 Å². The molecule has 0 bridgehead atoms. The summed E-state index contributed by atoms with van der Waals surface area (Å²) in [5, 5.41) is 24.6. The van der Waals surface area contributed by atoms with Crippen LogP contribution >= 0.6 is 0 Å². The summed E-state index contributed by atoms with van der Waals surface area (Å²) in [4.78, 5) is 47.1. The first-order chi connectivity index (χ1) is 17.0. The molecule has 36 heavy (non-hydrogen) atoms. The summed E-state index contributed by atoms with van der Waals surface area (Å²) in [6.45, 7) is 7.72. The summed E-state index contributed by atoms with van der Waals surface area (Å²) < 4.78 is 5.80. The van der Waals surface area contributed by atoms with E-state index in [-0.39, 0.29) is 45.6 Å². The largest absolute Gasteiger partial charge is 0.507 e. The molecule has 0 saturated carbocycles. The summed E-state index contributed by atoms with van der Waals surface area (Å²) in [6.07, 6.45) is 1.20. The summed E-state index contributed by atoms with van der Waals surface area (Å²) in [7, 11) is 0. The van der Waals surface area contributed by atoms with Gasteiger partial charge < -0.3 is 25.3 Å². The number of nitrogens with one attached hydrogen (secondary N) is 2. The van der Waals surface area contributed by atoms with E-state index in [4.69, 9.17) is 4.74 Å². The van der Waals surface area contributed by atoms with E-state index in [1.165, 1.54) is 26.8 Å². The van der Waals surface area contributed by atoms with Gasteiger partial charge in [-0.25, -0.2) is 4.98 Å². The van der Waals surface area contributed by atoms with Crippen molar-refractivity contribution in [2.75, 3.05) is 0 Å². The Morgan fingerprint density at radius 3 is 2.53 bits per heavy atom. The van der Waals surface area contributed by atoms with Crippen molar-refractivity contribution < 1.29 is 29.3 Å². The third-order valence-corrected chi connectivity index (χ3v) is 7.01. The number of para-hydroxylation sites is 2. The molecule has 9 heteroatoms. The highest BCUT2D eigenvalue weighted by molar-refractivity contribution is 6.31. The fourth-order valence-electron chi connectivity index (χ4n) is 5.01. The Labute approximate surface area is 206 Å². The number of phenols is 2. The first kappa shape index (κ1) is 23.3. The third-order valence-electron chi connectivity index (χ3n) is 7.01. The van der Waals surface area contributed by atoms with Crippen molar-refractivity contribution in [2.24, 2.45) is 0 Å². The molecule has 1 aromatic heterocycles. The highest BCUT2D eigenvalue weighted by atomic mass is 16.5. The molecular formula is C27H25N3O6. The lowest BCUT2D eigenvalue weighted by Crippen LogP contribution is -2.41. The minimum Gasteiger partial charge on any atom is -0.507 e. The molecule has 0 spiro atoms. The van der Waals surface area contributed by atoms with Crippen LogP contribution in [0.25, 0.3) is 11.0 Å². The van der Waals surface area contributed by atoms with Gasteiger partial charge in [0, 0.05) is 17.3 Å². The van der Waals surface area contributed by atoms with Crippen LogP contribution in [0.5, 0.6) is 17.2 Å². The number of aromatic nitrogens is 2. The molecule has 3 aromatic rings. The molecular weight excluding hydrogens is 462 g/mol. The number of allylic oxidation sites excluding steroid dienone is 4. The van der Waals surface area contributed by atoms with Gasteiger partial charge in [-0.3, -0.25) is 14.4 Å². The molecule has 2 heterocycles. The molecule has 2 atom stereocenters. The van der Waals surface area contributed by atoms with Crippen LogP contribution in [-0.4, -0.2) is 37.5 Å². The summed E-state index contributed by atoms with van der Waals surface area (Å²) in [5.74, 6) is -1.90. The molecule has 2 aliphatic rings. The fraction of sp³-hybridized carbons (Fsp3) is 0.259. The van der Waals surface area contributed by atoms with Crippen LogP contribution in [0.2, 0.25) is 0 Å². The quantitative estimate of drug-likeness (QED) is 0.247. The van der Waals surface area contributed by atoms with Gasteiger partial charge in [-0.15, -0.1) is 0 Å². The molecule has 9 nitrogen and oxygen atoms in total. The van der Waals surface area contributed by atoms with E-state index >= 15 is 0 Å². The molecule has 1 aliphatic carbocycles. The lowest BCUT2D eigenvalue weighted by Gasteiger charge is -2.29. The fourth-order valence-corrected chi connectivity index (χ4v) is 5.01. The number of Topliss-reactive ketones (excluding diaryl/α,β-unsaturated/α-hetero) is 2. The van der Waals surface area contributed by atoms with Crippen LogP contribution in [0.3, 0.4) is 0 Å². The maximum atomic E-state index is 13.9. The molecule has 0 saturated heterocycles. The van der Waals surface area contributed by atoms with Crippen LogP contribution in [0.1, 0.15) is 61.0 Å². The third kappa shape index (κ3) is 3.08. The Morgan fingerprint density at radius 2 is 1.86 bits per heavy atom. The number of hydrogen-bond donors (Lipinski definition) is 4. The number of fused-ring (bicyclic) bond motifs is 4. The number of carbonyl (C=O) groups is 3. The summed E-state index contributed by atoms with van der Waals surface area (Å²) in [5.41, 5.74) is 0.321. The number of phenolic OH excluding ortho intramolecular Hbond substituents is 2. The Hall–Kier alpha value is -4.40. The topological polar surface area (TPSA) is 142 Å². The SMILES string of the molecule is CC(=O)c1c(O)c(C)c(O)c2c1OC1=CC(=O)C(=C(C)N[C@@H](C)c3nc4ccccc4[nH]3)C(=O)[C@@]12C. The van der Waals surface area contributed by atoms with E-state index in [0.717, 1.165) is 11.0 Å². The lowest BCUT2D eigenvalue weighted by molar-refractivity contribution is -0.123. The number of nitrogens with zero attached hydrogens (tertiary/aromatic N) is 1. The molecule has 184 valence electrons. The number of hydrogen-bond acceptors (Lipinski definition) is 8. The Morgan fingerprint density at radius 1 is 1.17 bits per heavy atom. The number of ether oxygens (including phenoxy) is 1. The number of aromatic hydroxyl groups is 2. The highest BCUT2D eigenvalue weighted by Gasteiger charge is 2.56. The molecule has 2 aromatic carbocycles. The lowest BCUT2D eigenvalue weighted by atomic mass is 9.70. The van der Waals surface area contributed by atoms with Gasteiger partial charge in [0.2, 0.25) is 0 Å². The Balaban J connectivity index is 1.60. The predicted octanol–water partition coefficient (Wildman–Crippen LogP) is 3.80. The molecule has 5 rings (SSSR count). The van der Waals surface area contributed by atoms with Gasteiger partial charge in [-0.05, 0) is 46.8 Å². The smallest absolute Gasteiger partial charge is 0.194 e. The van der Waals surface area contributed by atoms with Crippen molar-refractivity contribution in [3.63, 3.8) is 0 Å². The van der Waals surface area contributed by atoms with Crippen LogP contribution in [-0.2, 0) is 15.0 Å². The van der Waals surface area contributed by atoms with Crippen LogP contribution < -0.4 is 10.1 Å². The van der Waals surface area contributed by atoms with E-state index in [1.807, 2.05) is 31.2 Å². The molecule has 4 N–H and O–H groups in total. The predicted molar refractivity (Wildman–Crippen MR) is 131 cm³/mol. The van der Waals surface area contributed by atoms with Crippen molar-refractivity contribution in [2.45, 2.75) is 46.1 Å². The van der Waals surface area contributed by atoms with Gasteiger partial charge in [0.05, 0.1) is 28.2 Å². The number of ketones is 3. The van der Waals surface area contributed by atoms with Gasteiger partial charge in [0.1, 0.15) is 39.8 Å². The summed E-state index contributed by atoms with van der Waals surface area (Å²) in [6, 6.07) is 7.22. The second-order valence-electron chi connectivity index (χ2n) is 9.39. The van der Waals surface area contributed by atoms with Crippen molar-refractivity contribution in [1.82, 2.24) is 15.3 Å². The van der Waals surface area contributed by atoms with E-state index < -0.39 is 28.5 Å². The van der Waals surface area contributed by atoms with E-state index in [1.54, 1.807) is 6.92 Å².